The van der Waals surface area contributed by atoms with E-state index in [-0.39, 0.29) is 13.3 Å². The van der Waals surface area contributed by atoms with Crippen molar-refractivity contribution in [1.82, 2.24) is 0 Å². The number of ether oxygens (including phenoxy) is 3. The first-order valence-corrected chi connectivity index (χ1v) is 10.5. The summed E-state index contributed by atoms with van der Waals surface area (Å²) in [5.41, 5.74) is 0. The van der Waals surface area contributed by atoms with Crippen molar-refractivity contribution in [2.24, 2.45) is 0 Å². The lowest BCUT2D eigenvalue weighted by Crippen LogP contribution is -2.54. The predicted molar refractivity (Wildman–Crippen MR) is 103 cm³/mol. The molecule has 3 rings (SSSR count). The Morgan fingerprint density at radius 1 is 0.484 bits per heavy atom. The van der Waals surface area contributed by atoms with Gasteiger partial charge in [-0.25, -0.2) is 26.3 Å². The Labute approximate surface area is 178 Å². The van der Waals surface area contributed by atoms with Gasteiger partial charge >= 0.3 is 14.1 Å². The molecule has 0 unspecified atom stereocenters. The molecule has 31 heavy (non-hydrogen) atoms. The van der Waals surface area contributed by atoms with E-state index >= 15 is 0 Å². The van der Waals surface area contributed by atoms with Crippen molar-refractivity contribution in [2.45, 2.75) is 0 Å². The second kappa shape index (κ2) is 9.12. The minimum absolute atomic E-state index is 0.161. The summed E-state index contributed by atoms with van der Waals surface area (Å²) in [7, 11) is 3.33. The van der Waals surface area contributed by atoms with E-state index in [1.165, 1.54) is 0 Å². The van der Waals surface area contributed by atoms with Crippen LogP contribution in [-0.2, 0) is 0 Å². The molecule has 0 heterocycles. The monoisotopic (exact) mass is 456 g/mol. The third kappa shape index (κ3) is 4.31. The van der Waals surface area contributed by atoms with Gasteiger partial charge in [-0.3, -0.25) is 0 Å². The minimum atomic E-state index is -3.46. The largest absolute Gasteiger partial charge is 0.495 e. The Balaban J connectivity index is 2.50. The molecule has 3 aromatic rings. The lowest BCUT2D eigenvalue weighted by atomic mass is 10.3. The topological polar surface area (TPSA) is 27.7 Å². The van der Waals surface area contributed by atoms with Gasteiger partial charge in [0, 0.05) is 18.2 Å². The highest BCUT2D eigenvalue weighted by molar-refractivity contribution is 6.97. The van der Waals surface area contributed by atoms with Crippen molar-refractivity contribution < 1.29 is 40.6 Å². The van der Waals surface area contributed by atoms with Crippen LogP contribution in [0.5, 0.6) is 17.2 Å². The van der Waals surface area contributed by atoms with Crippen molar-refractivity contribution in [3.8, 4) is 17.2 Å². The first kappa shape index (κ1) is 22.8. The van der Waals surface area contributed by atoms with Crippen molar-refractivity contribution in [3.63, 3.8) is 0 Å². The Morgan fingerprint density at radius 2 is 0.742 bits per heavy atom. The summed E-state index contributed by atoms with van der Waals surface area (Å²) in [4.78, 5) is 0. The van der Waals surface area contributed by atoms with Crippen molar-refractivity contribution in [1.29, 1.82) is 0 Å². The molecule has 0 aliphatic heterocycles. The Morgan fingerprint density at radius 3 is 0.968 bits per heavy atom. The first-order valence-electron chi connectivity index (χ1n) is 8.80. The molecule has 3 aromatic carbocycles. The summed E-state index contributed by atoms with van der Waals surface area (Å²) in [5, 5.41) is 0. The molecule has 0 aliphatic carbocycles. The number of halogens is 6. The average molecular weight is 456 g/mol. The summed E-state index contributed by atoms with van der Waals surface area (Å²) < 4.78 is 101. The molecule has 0 saturated carbocycles. The highest BCUT2D eigenvalue weighted by Crippen LogP contribution is 2.24. The second-order valence-electron chi connectivity index (χ2n) is 6.46. The van der Waals surface area contributed by atoms with E-state index in [1.807, 2.05) is 0 Å². The maximum Gasteiger partial charge on any atom is 0.402 e. The van der Waals surface area contributed by atoms with E-state index in [4.69, 9.17) is 14.2 Å². The number of rotatable bonds is 6. The molecule has 0 N–H and O–H groups in total. The lowest BCUT2D eigenvalue weighted by molar-refractivity contribution is 0.385. The van der Waals surface area contributed by atoms with Crippen LogP contribution >= 0.6 is 0 Å². The molecule has 0 aliphatic rings. The summed E-state index contributed by atoms with van der Waals surface area (Å²) in [6, 6.07) is 4.34. The number of hydrogen-bond acceptors (Lipinski definition) is 3. The standard InChI is InChI=1S/3C7H5F2O.Al/c3*1-10-7-3-2-5(8)4-6(7)9;/h3*2,4H,1H3;. The molecule has 0 bridgehead atoms. The van der Waals surface area contributed by atoms with E-state index in [9.17, 15) is 26.3 Å². The van der Waals surface area contributed by atoms with Crippen LogP contribution in [0, 0.1) is 34.9 Å². The molecule has 0 aromatic heterocycles. The molecule has 0 spiro atoms. The molecule has 0 atom stereocenters. The summed E-state index contributed by atoms with van der Waals surface area (Å²) in [6.07, 6.45) is 0. The normalized spacial score (nSPS) is 10.7. The fraction of sp³-hybridized carbons (Fsp3) is 0.143. The Hall–Kier alpha value is -2.83. The fourth-order valence-electron chi connectivity index (χ4n) is 3.53. The van der Waals surface area contributed by atoms with Crippen LogP contribution in [0.1, 0.15) is 0 Å². The van der Waals surface area contributed by atoms with Crippen molar-refractivity contribution in [2.75, 3.05) is 21.3 Å². The van der Waals surface area contributed by atoms with Crippen LogP contribution in [0.3, 0.4) is 0 Å². The van der Waals surface area contributed by atoms with Gasteiger partial charge in [0.1, 0.15) is 34.7 Å². The number of methoxy groups -OCH3 is 3. The highest BCUT2D eigenvalue weighted by atomic mass is 27.2. The van der Waals surface area contributed by atoms with Gasteiger partial charge in [-0.2, -0.15) is 0 Å². The van der Waals surface area contributed by atoms with Crippen LogP contribution in [0.15, 0.2) is 36.4 Å². The predicted octanol–water partition coefficient (Wildman–Crippen LogP) is 3.06. The average Bonchev–Trinajstić information content (AvgIpc) is 2.67. The second-order valence-corrected chi connectivity index (χ2v) is 9.20. The smallest absolute Gasteiger partial charge is 0.402 e. The third-order valence-corrected chi connectivity index (χ3v) is 7.81. The number of hydrogen-bond donors (Lipinski definition) is 0. The molecule has 0 radical (unpaired) electrons. The summed E-state index contributed by atoms with van der Waals surface area (Å²) in [5.74, 6) is -7.64. The van der Waals surface area contributed by atoms with Gasteiger partial charge in [0.2, 0.25) is 0 Å². The summed E-state index contributed by atoms with van der Waals surface area (Å²) in [6.45, 7) is 0. The van der Waals surface area contributed by atoms with Gasteiger partial charge in [0.25, 0.3) is 0 Å². The number of benzene rings is 3. The third-order valence-electron chi connectivity index (χ3n) is 4.66. The van der Waals surface area contributed by atoms with Gasteiger partial charge in [-0.1, -0.05) is 13.3 Å². The zero-order valence-corrected chi connectivity index (χ0v) is 17.7. The minimum Gasteiger partial charge on any atom is -0.495 e. The van der Waals surface area contributed by atoms with E-state index in [2.05, 4.69) is 0 Å². The molecule has 0 fully saturated rings. The maximum absolute atomic E-state index is 14.5. The van der Waals surface area contributed by atoms with Crippen LogP contribution < -0.4 is 27.5 Å². The fourth-order valence-corrected chi connectivity index (χ4v) is 7.07. The quantitative estimate of drug-likeness (QED) is 0.422. The van der Waals surface area contributed by atoms with Gasteiger partial charge in [-0.15, -0.1) is 0 Å². The highest BCUT2D eigenvalue weighted by Gasteiger charge is 2.38. The molecule has 0 amide bonds. The lowest BCUT2D eigenvalue weighted by Gasteiger charge is -2.22. The van der Waals surface area contributed by atoms with E-state index < -0.39 is 66.3 Å². The SMILES string of the molecule is COc1c(F)cc(F)c[c]1[Al]([c]1cc(F)cc(F)c1OC)[c]1cc(F)cc(F)c1OC. The van der Waals surface area contributed by atoms with Crippen LogP contribution in [0.4, 0.5) is 26.3 Å². The van der Waals surface area contributed by atoms with E-state index in [0.717, 1.165) is 39.5 Å². The van der Waals surface area contributed by atoms with E-state index in [0.29, 0.717) is 18.2 Å². The van der Waals surface area contributed by atoms with Crippen molar-refractivity contribution >= 4 is 27.4 Å². The van der Waals surface area contributed by atoms with Gasteiger partial charge < -0.3 is 14.2 Å². The molecular weight excluding hydrogens is 441 g/mol. The Kier molecular flexibility index (Phi) is 6.72. The first-order chi connectivity index (χ1) is 14.7. The van der Waals surface area contributed by atoms with Crippen LogP contribution in [0.2, 0.25) is 0 Å². The zero-order valence-electron chi connectivity index (χ0n) is 16.5. The van der Waals surface area contributed by atoms with Gasteiger partial charge in [0.05, 0.1) is 21.3 Å². The molecule has 162 valence electrons. The molecule has 3 nitrogen and oxygen atoms in total. The zero-order chi connectivity index (χ0) is 22.9. The molecular formula is C21H15AlF6O3. The van der Waals surface area contributed by atoms with Crippen molar-refractivity contribution in [3.05, 3.63) is 71.3 Å². The molecule has 10 heteroatoms. The van der Waals surface area contributed by atoms with Gasteiger partial charge in [-0.05, 0) is 18.2 Å². The maximum atomic E-state index is 14.5. The summed E-state index contributed by atoms with van der Waals surface area (Å²) >= 11 is -3.46. The molecule has 0 saturated heterocycles. The van der Waals surface area contributed by atoms with E-state index in [1.54, 1.807) is 0 Å². The van der Waals surface area contributed by atoms with Crippen LogP contribution in [-0.4, -0.2) is 35.5 Å². The van der Waals surface area contributed by atoms with Crippen LogP contribution in [0.25, 0.3) is 0 Å². The van der Waals surface area contributed by atoms with Gasteiger partial charge in [0.15, 0.2) is 17.5 Å². The Bertz CT molecular complexity index is 997.